The van der Waals surface area contributed by atoms with Gasteiger partial charge in [-0.05, 0) is 61.0 Å². The van der Waals surface area contributed by atoms with Crippen LogP contribution in [-0.4, -0.2) is 37.8 Å². The van der Waals surface area contributed by atoms with Gasteiger partial charge < -0.3 is 4.74 Å². The summed E-state index contributed by atoms with van der Waals surface area (Å²) in [7, 11) is -3.77. The summed E-state index contributed by atoms with van der Waals surface area (Å²) >= 11 is 0. The fourth-order valence-electron chi connectivity index (χ4n) is 2.91. The Kier molecular flexibility index (Phi) is 7.59. The van der Waals surface area contributed by atoms with E-state index in [0.29, 0.717) is 22.8 Å². The highest BCUT2D eigenvalue weighted by molar-refractivity contribution is 7.92. The van der Waals surface area contributed by atoms with Gasteiger partial charge in [0.25, 0.3) is 11.6 Å². The molecule has 176 valence electrons. The molecule has 0 saturated carbocycles. The SMILES string of the molecule is C/C(=N\NC(=O)CN(c1ccc(Oc2ccccc2)cc1)S(C)(=O)=O)c1ccc([N+](=O)[O-])cc1. The first-order valence-corrected chi connectivity index (χ1v) is 11.9. The van der Waals surface area contributed by atoms with Crippen LogP contribution < -0.4 is 14.5 Å². The van der Waals surface area contributed by atoms with E-state index in [4.69, 9.17) is 4.74 Å². The van der Waals surface area contributed by atoms with Crippen molar-refractivity contribution in [3.05, 3.63) is 94.5 Å². The number of non-ortho nitro benzene ring substituents is 1. The number of para-hydroxylation sites is 1. The summed E-state index contributed by atoms with van der Waals surface area (Å²) in [6, 6.07) is 21.1. The van der Waals surface area contributed by atoms with E-state index in [0.717, 1.165) is 10.6 Å². The van der Waals surface area contributed by atoms with Gasteiger partial charge in [0.15, 0.2) is 0 Å². The molecule has 3 aromatic rings. The van der Waals surface area contributed by atoms with Crippen molar-refractivity contribution in [2.24, 2.45) is 5.10 Å². The van der Waals surface area contributed by atoms with Gasteiger partial charge in [0.05, 0.1) is 22.6 Å². The van der Waals surface area contributed by atoms with Crippen LogP contribution in [0.3, 0.4) is 0 Å². The van der Waals surface area contributed by atoms with Crippen LogP contribution in [0.4, 0.5) is 11.4 Å². The van der Waals surface area contributed by atoms with Crippen LogP contribution in [-0.2, 0) is 14.8 Å². The van der Waals surface area contributed by atoms with Gasteiger partial charge in [-0.15, -0.1) is 0 Å². The average molecular weight is 483 g/mol. The Morgan fingerprint density at radius 2 is 1.59 bits per heavy atom. The number of benzene rings is 3. The zero-order chi connectivity index (χ0) is 24.7. The van der Waals surface area contributed by atoms with Gasteiger partial charge in [-0.25, -0.2) is 13.8 Å². The predicted octanol–water partition coefficient (Wildman–Crippen LogP) is 3.69. The minimum Gasteiger partial charge on any atom is -0.457 e. The summed E-state index contributed by atoms with van der Waals surface area (Å²) in [5.74, 6) is 0.489. The van der Waals surface area contributed by atoms with Crippen molar-refractivity contribution >= 4 is 33.0 Å². The second-order valence-electron chi connectivity index (χ2n) is 7.21. The van der Waals surface area contributed by atoms with Gasteiger partial charge >= 0.3 is 0 Å². The normalized spacial score (nSPS) is 11.5. The lowest BCUT2D eigenvalue weighted by Crippen LogP contribution is -2.39. The lowest BCUT2D eigenvalue weighted by atomic mass is 10.1. The van der Waals surface area contributed by atoms with Gasteiger partial charge in [0.1, 0.15) is 18.0 Å². The Bertz CT molecular complexity index is 1290. The van der Waals surface area contributed by atoms with Crippen molar-refractivity contribution in [3.63, 3.8) is 0 Å². The van der Waals surface area contributed by atoms with Crippen LogP contribution in [0.2, 0.25) is 0 Å². The molecule has 0 spiro atoms. The topological polar surface area (TPSA) is 131 Å². The first-order valence-electron chi connectivity index (χ1n) is 10.0. The monoisotopic (exact) mass is 482 g/mol. The van der Waals surface area contributed by atoms with E-state index in [1.165, 1.54) is 36.4 Å². The summed E-state index contributed by atoms with van der Waals surface area (Å²) < 4.78 is 31.3. The van der Waals surface area contributed by atoms with Crippen molar-refractivity contribution in [2.45, 2.75) is 6.92 Å². The Labute approximate surface area is 196 Å². The molecule has 0 aliphatic rings. The fourth-order valence-corrected chi connectivity index (χ4v) is 3.76. The number of carbonyl (C=O) groups excluding carboxylic acids is 1. The molecule has 0 aliphatic carbocycles. The van der Waals surface area contributed by atoms with E-state index >= 15 is 0 Å². The van der Waals surface area contributed by atoms with Crippen molar-refractivity contribution in [1.29, 1.82) is 0 Å². The molecule has 0 bridgehead atoms. The summed E-state index contributed by atoms with van der Waals surface area (Å²) in [6.45, 7) is 1.12. The first-order chi connectivity index (χ1) is 16.1. The zero-order valence-electron chi connectivity index (χ0n) is 18.4. The maximum Gasteiger partial charge on any atom is 0.269 e. The lowest BCUT2D eigenvalue weighted by molar-refractivity contribution is -0.384. The van der Waals surface area contributed by atoms with E-state index in [2.05, 4.69) is 10.5 Å². The zero-order valence-corrected chi connectivity index (χ0v) is 19.2. The minimum atomic E-state index is -3.77. The molecule has 1 amide bonds. The summed E-state index contributed by atoms with van der Waals surface area (Å²) in [6.07, 6.45) is 1.00. The van der Waals surface area contributed by atoms with E-state index in [1.807, 2.05) is 18.2 Å². The summed E-state index contributed by atoms with van der Waals surface area (Å²) in [5, 5.41) is 14.7. The predicted molar refractivity (Wildman–Crippen MR) is 129 cm³/mol. The highest BCUT2D eigenvalue weighted by atomic mass is 32.2. The molecule has 10 nitrogen and oxygen atoms in total. The van der Waals surface area contributed by atoms with Gasteiger partial charge in [-0.1, -0.05) is 18.2 Å². The molecule has 34 heavy (non-hydrogen) atoms. The third kappa shape index (κ3) is 6.62. The van der Waals surface area contributed by atoms with Crippen LogP contribution >= 0.6 is 0 Å². The van der Waals surface area contributed by atoms with Crippen molar-refractivity contribution in [3.8, 4) is 11.5 Å². The largest absolute Gasteiger partial charge is 0.457 e. The van der Waals surface area contributed by atoms with Crippen LogP contribution in [0.5, 0.6) is 11.5 Å². The standard InChI is InChI=1S/C23H22N4O6S/c1-17(18-8-10-20(11-9-18)27(29)30)24-25-23(28)16-26(34(2,31)32)19-12-14-22(15-13-19)33-21-6-4-3-5-7-21/h3-15H,16H2,1-2H3,(H,25,28)/b24-17+. The van der Waals surface area contributed by atoms with Crippen LogP contribution in [0.15, 0.2) is 84.0 Å². The first kappa shape index (κ1) is 24.4. The second-order valence-corrected chi connectivity index (χ2v) is 9.12. The number of nitrogens with zero attached hydrogens (tertiary/aromatic N) is 3. The molecule has 0 atom stereocenters. The van der Waals surface area contributed by atoms with E-state index < -0.39 is 27.4 Å². The quantitative estimate of drug-likeness (QED) is 0.281. The number of rotatable bonds is 9. The van der Waals surface area contributed by atoms with Crippen molar-refractivity contribution < 1.29 is 22.9 Å². The number of ether oxygens (including phenoxy) is 1. The summed E-state index contributed by atoms with van der Waals surface area (Å²) in [5.41, 5.74) is 3.51. The Hall–Kier alpha value is -4.25. The molecule has 0 fully saturated rings. The number of amides is 1. The molecule has 0 heterocycles. The fraction of sp³-hybridized carbons (Fsp3) is 0.130. The third-order valence-electron chi connectivity index (χ3n) is 4.64. The number of hydrogen-bond acceptors (Lipinski definition) is 7. The molecule has 0 unspecified atom stereocenters. The number of sulfonamides is 1. The Morgan fingerprint density at radius 1 is 1.00 bits per heavy atom. The van der Waals surface area contributed by atoms with Gasteiger partial charge in [-0.2, -0.15) is 5.10 Å². The molecule has 0 saturated heterocycles. The van der Waals surface area contributed by atoms with Gasteiger partial charge in [0, 0.05) is 12.1 Å². The smallest absolute Gasteiger partial charge is 0.269 e. The maximum atomic E-state index is 12.4. The average Bonchev–Trinajstić information content (AvgIpc) is 2.81. The van der Waals surface area contributed by atoms with Gasteiger partial charge in [-0.3, -0.25) is 19.2 Å². The van der Waals surface area contributed by atoms with E-state index in [9.17, 15) is 23.3 Å². The number of nitro benzene ring substituents is 1. The van der Waals surface area contributed by atoms with Gasteiger partial charge in [0.2, 0.25) is 10.0 Å². The number of hydrogen-bond donors (Lipinski definition) is 1. The van der Waals surface area contributed by atoms with E-state index in [1.54, 1.807) is 31.2 Å². The highest BCUT2D eigenvalue weighted by Gasteiger charge is 2.21. The number of anilines is 1. The van der Waals surface area contributed by atoms with Crippen molar-refractivity contribution in [2.75, 3.05) is 17.1 Å². The second kappa shape index (κ2) is 10.6. The van der Waals surface area contributed by atoms with Crippen LogP contribution in [0.25, 0.3) is 0 Å². The molecule has 0 radical (unpaired) electrons. The lowest BCUT2D eigenvalue weighted by Gasteiger charge is -2.21. The summed E-state index contributed by atoms with van der Waals surface area (Å²) in [4.78, 5) is 22.7. The molecular formula is C23H22N4O6S. The maximum absolute atomic E-state index is 12.4. The van der Waals surface area contributed by atoms with Crippen LogP contribution in [0, 0.1) is 10.1 Å². The molecular weight excluding hydrogens is 460 g/mol. The highest BCUT2D eigenvalue weighted by Crippen LogP contribution is 2.25. The molecule has 0 aromatic heterocycles. The number of carbonyl (C=O) groups is 1. The molecule has 3 aromatic carbocycles. The Morgan fingerprint density at radius 3 is 2.15 bits per heavy atom. The molecule has 11 heteroatoms. The minimum absolute atomic E-state index is 0.0652. The molecule has 1 N–H and O–H groups in total. The third-order valence-corrected chi connectivity index (χ3v) is 5.78. The number of hydrazone groups is 1. The van der Waals surface area contributed by atoms with Crippen LogP contribution in [0.1, 0.15) is 12.5 Å². The number of nitro groups is 1. The molecule has 3 rings (SSSR count). The Balaban J connectivity index is 1.68. The van der Waals surface area contributed by atoms with Crippen molar-refractivity contribution in [1.82, 2.24) is 5.43 Å². The molecule has 0 aliphatic heterocycles. The number of nitrogens with one attached hydrogen (secondary N) is 1. The van der Waals surface area contributed by atoms with E-state index in [-0.39, 0.29) is 11.4 Å².